The van der Waals surface area contributed by atoms with Gasteiger partial charge in [0.05, 0.1) is 27.6 Å². The summed E-state index contributed by atoms with van der Waals surface area (Å²) in [5.74, 6) is 4.35. The van der Waals surface area contributed by atoms with Crippen LogP contribution in [0.1, 0.15) is 11.8 Å². The predicted molar refractivity (Wildman–Crippen MR) is 335 cm³/mol. The largest absolute Gasteiger partial charge is 0.457 e. The van der Waals surface area contributed by atoms with Crippen LogP contribution in [0.25, 0.3) is 125 Å². The molecule has 1 N–H and O–H groups in total. The zero-order chi connectivity index (χ0) is 55.6. The van der Waals surface area contributed by atoms with E-state index in [-0.39, 0.29) is 16.4 Å². The van der Waals surface area contributed by atoms with Gasteiger partial charge in [-0.15, -0.1) is 0 Å². The van der Waals surface area contributed by atoms with Crippen LogP contribution in [-0.4, -0.2) is 14.1 Å². The third-order valence-electron chi connectivity index (χ3n) is 17.2. The Morgan fingerprint density at radius 2 is 0.702 bits per heavy atom. The van der Waals surface area contributed by atoms with Crippen molar-refractivity contribution in [2.75, 3.05) is 0 Å². The van der Waals surface area contributed by atoms with Gasteiger partial charge in [-0.25, -0.2) is 0 Å². The number of aliphatic hydroxyl groups excluding tert-OH is 1. The fraction of sp³-hybridized carbons (Fsp3) is 0.0135. The Morgan fingerprint density at radius 1 is 0.310 bits per heavy atom. The first-order valence-corrected chi connectivity index (χ1v) is 27.8. The number of nitrogens with zero attached hydrogens (tertiary/aromatic N) is 2. The summed E-state index contributed by atoms with van der Waals surface area (Å²) in [5, 5.41) is 26.1. The fourth-order valence-corrected chi connectivity index (χ4v) is 13.9. The molecule has 17 aromatic rings. The normalized spacial score (nSPS) is 13.3. The van der Waals surface area contributed by atoms with Gasteiger partial charge in [0.2, 0.25) is 0 Å². The summed E-state index contributed by atoms with van der Waals surface area (Å²) in [6.45, 7) is 0. The zero-order valence-electron chi connectivity index (χ0n) is 44.2. The monoisotopic (exact) mass is 1080 g/mol. The Kier molecular flexibility index (Phi) is 9.45. The van der Waals surface area contributed by atoms with Gasteiger partial charge in [-0.1, -0.05) is 121 Å². The van der Waals surface area contributed by atoms with E-state index in [2.05, 4.69) is 24.3 Å². The molecule has 14 aromatic carbocycles. The summed E-state index contributed by atoms with van der Waals surface area (Å²) in [6.07, 6.45) is -1.23. The number of rotatable bonds is 8. The van der Waals surface area contributed by atoms with E-state index in [4.69, 9.17) is 18.9 Å². The number of aliphatic hydroxyl groups is 1. The van der Waals surface area contributed by atoms with Gasteiger partial charge in [0, 0.05) is 82.5 Å². The molecule has 0 fully saturated rings. The summed E-state index contributed by atoms with van der Waals surface area (Å²) in [6, 6.07) is 72.6. The summed E-state index contributed by atoms with van der Waals surface area (Å²) in [4.78, 5) is 44.0. The van der Waals surface area contributed by atoms with E-state index in [0.29, 0.717) is 101 Å². The number of benzene rings is 14. The second kappa shape index (κ2) is 17.1. The molecule has 0 saturated carbocycles. The van der Waals surface area contributed by atoms with Gasteiger partial charge < -0.3 is 28.6 Å². The van der Waals surface area contributed by atoms with Crippen LogP contribution in [0.3, 0.4) is 0 Å². The van der Waals surface area contributed by atoms with Gasteiger partial charge in [-0.3, -0.25) is 18.8 Å². The first kappa shape index (κ1) is 46.4. The van der Waals surface area contributed by atoms with Gasteiger partial charge in [0.25, 0.3) is 5.56 Å². The number of hydrogen-bond donors (Lipinski definition) is 1. The molecule has 3 aromatic heterocycles. The molecule has 4 heterocycles. The first-order chi connectivity index (χ1) is 41.3. The molecule has 18 rings (SSSR count). The van der Waals surface area contributed by atoms with Crippen LogP contribution in [0.15, 0.2) is 245 Å². The summed E-state index contributed by atoms with van der Waals surface area (Å²) >= 11 is 0. The van der Waals surface area contributed by atoms with E-state index in [1.807, 2.05) is 187 Å². The lowest BCUT2D eigenvalue weighted by atomic mass is 9.80. The van der Waals surface area contributed by atoms with E-state index in [1.165, 1.54) is 0 Å². The predicted octanol–water partition coefficient (Wildman–Crippen LogP) is 17.4. The van der Waals surface area contributed by atoms with E-state index < -0.39 is 6.23 Å². The number of para-hydroxylation sites is 6. The van der Waals surface area contributed by atoms with Crippen molar-refractivity contribution in [1.82, 2.24) is 8.97 Å². The number of hydrogen-bond acceptors (Lipinski definition) is 8. The Morgan fingerprint density at radius 3 is 1.21 bits per heavy atom. The molecule has 0 aliphatic carbocycles. The topological polar surface area (TPSA) is 118 Å². The van der Waals surface area contributed by atoms with Crippen molar-refractivity contribution in [3.8, 4) is 57.3 Å². The lowest BCUT2D eigenvalue weighted by Gasteiger charge is -2.32. The Bertz CT molecular complexity index is 5800. The quantitative estimate of drug-likeness (QED) is 0.118. The second-order valence-electron chi connectivity index (χ2n) is 21.7. The molecule has 84 heavy (non-hydrogen) atoms. The lowest BCUT2D eigenvalue weighted by Crippen LogP contribution is -2.21. The van der Waals surface area contributed by atoms with Crippen molar-refractivity contribution in [3.63, 3.8) is 0 Å². The van der Waals surface area contributed by atoms with Gasteiger partial charge >= 0.3 is 0 Å². The number of pyridine rings is 3. The highest BCUT2D eigenvalue weighted by atomic mass is 16.5. The maximum Gasteiger partial charge on any atom is 0.263 e. The molecule has 1 unspecified atom stereocenters. The lowest BCUT2D eigenvalue weighted by molar-refractivity contribution is 0.152. The molecule has 0 spiro atoms. The van der Waals surface area contributed by atoms with Crippen LogP contribution in [0, 0.1) is 0 Å². The minimum absolute atomic E-state index is 0.168. The Labute approximate surface area is 474 Å². The molecule has 0 bridgehead atoms. The summed E-state index contributed by atoms with van der Waals surface area (Å²) < 4.78 is 32.1. The van der Waals surface area contributed by atoms with Crippen LogP contribution in [0.2, 0.25) is 0 Å². The summed E-state index contributed by atoms with van der Waals surface area (Å²) in [7, 11) is 0. The van der Waals surface area contributed by atoms with E-state index >= 15 is 4.79 Å². The van der Waals surface area contributed by atoms with Gasteiger partial charge in [0.15, 0.2) is 17.1 Å². The van der Waals surface area contributed by atoms with Crippen LogP contribution in [-0.2, 0) is 0 Å². The average Bonchev–Trinajstić information content (AvgIpc) is 0.732. The van der Waals surface area contributed by atoms with E-state index in [1.54, 1.807) is 28.7 Å². The number of ether oxygens (including phenoxy) is 4. The highest BCUT2D eigenvalue weighted by molar-refractivity contribution is 6.46. The molecule has 10 nitrogen and oxygen atoms in total. The van der Waals surface area contributed by atoms with Crippen molar-refractivity contribution >= 4 is 114 Å². The van der Waals surface area contributed by atoms with E-state index in [9.17, 15) is 14.7 Å². The van der Waals surface area contributed by atoms with Crippen molar-refractivity contribution in [2.45, 2.75) is 6.23 Å². The molecule has 0 radical (unpaired) electrons. The van der Waals surface area contributed by atoms with Gasteiger partial charge in [-0.05, 0) is 129 Å². The van der Waals surface area contributed by atoms with Crippen LogP contribution in [0.4, 0.5) is 0 Å². The van der Waals surface area contributed by atoms with Gasteiger partial charge in [-0.2, -0.15) is 0 Å². The standard InChI is InChI=1S/C74H40N2O8/c77-57-37-55-49-33-59(81-39-17-5-1-6-18-39)67-45-29-31-48-64-46(30-32-47(63(45)64)69-61(83-41-21-9-3-10-22-41)35-51(65(49)71(67)69)73(79)75(55)53-27-15-13-25-43(53)57)68-60(82-40-19-7-2-8-20-40)34-50-56-38-58(78)44-26-14-16-28-54(44)76(56)74(80)52-36-62(70(48)72(68)66(50)52)84-42-23-11-4-12-24-42/h1-38,73,79H. The average molecular weight is 1090 g/mol. The molecular weight excluding hydrogens is 1040 g/mol. The van der Waals surface area contributed by atoms with Crippen molar-refractivity contribution in [2.24, 2.45) is 0 Å². The minimum atomic E-state index is -1.23. The first-order valence-electron chi connectivity index (χ1n) is 27.8. The second-order valence-corrected chi connectivity index (χ2v) is 21.7. The summed E-state index contributed by atoms with van der Waals surface area (Å²) in [5.41, 5.74) is 2.75. The number of aromatic nitrogens is 2. The van der Waals surface area contributed by atoms with Crippen molar-refractivity contribution in [1.29, 1.82) is 0 Å². The Balaban J connectivity index is 1.07. The maximum atomic E-state index is 15.6. The minimum Gasteiger partial charge on any atom is -0.457 e. The molecule has 394 valence electrons. The smallest absolute Gasteiger partial charge is 0.263 e. The maximum absolute atomic E-state index is 15.6. The molecule has 0 saturated heterocycles. The van der Waals surface area contributed by atoms with Gasteiger partial charge in [0.1, 0.15) is 46.0 Å². The molecule has 0 amide bonds. The number of fused-ring (bicyclic) bond motifs is 12. The molecule has 10 heteroatoms. The fourth-order valence-electron chi connectivity index (χ4n) is 13.9. The SMILES string of the molecule is O=c1cc2n(c3ccccc13)C(O)c1cc(Oc3ccccc3)c3c4ccc5c6c(Oc7ccccc7)cc7c8c(cc(Oc9ccccc9)c(c9ccc(c%10c(Oc%11ccccc%11)cc-2c1c%103)c4c95)c68)c(=O)n1c2ccccc2c(=O)cc71. The Hall–Kier alpha value is -11.3. The third-order valence-corrected chi connectivity index (χ3v) is 17.2. The van der Waals surface area contributed by atoms with Crippen molar-refractivity contribution in [3.05, 3.63) is 267 Å². The van der Waals surface area contributed by atoms with Crippen LogP contribution >= 0.6 is 0 Å². The molecular formula is C74H40N2O8. The van der Waals surface area contributed by atoms with E-state index in [0.717, 1.165) is 75.6 Å². The zero-order valence-corrected chi connectivity index (χ0v) is 44.2. The molecule has 1 aliphatic rings. The highest BCUT2D eigenvalue weighted by Crippen LogP contribution is 2.58. The van der Waals surface area contributed by atoms with Crippen LogP contribution < -0.4 is 35.4 Å². The molecule has 1 aliphatic heterocycles. The highest BCUT2D eigenvalue weighted by Gasteiger charge is 2.35. The van der Waals surface area contributed by atoms with Crippen molar-refractivity contribution < 1.29 is 24.1 Å². The molecule has 1 atom stereocenters. The third kappa shape index (κ3) is 6.34. The van der Waals surface area contributed by atoms with Crippen LogP contribution in [0.5, 0.6) is 46.0 Å².